The lowest BCUT2D eigenvalue weighted by molar-refractivity contribution is -0.105. The number of anilines is 1. The van der Waals surface area contributed by atoms with Crippen LogP contribution in [-0.2, 0) is 4.79 Å². The van der Waals surface area contributed by atoms with E-state index < -0.39 is 0 Å². The molecule has 0 aliphatic rings. The molecule has 1 aromatic rings. The van der Waals surface area contributed by atoms with Crippen LogP contribution in [0.2, 0.25) is 0 Å². The average molecular weight is 165 g/mol. The van der Waals surface area contributed by atoms with Gasteiger partial charge in [0.05, 0.1) is 7.11 Å². The molecule has 0 bridgehead atoms. The largest absolute Gasteiger partial charge is 0.497 e. The van der Waals surface area contributed by atoms with Crippen molar-refractivity contribution in [1.29, 1.82) is 0 Å². The smallest absolute Gasteiger partial charge is 0.211 e. The van der Waals surface area contributed by atoms with Crippen molar-refractivity contribution in [3.05, 3.63) is 23.8 Å². The molecule has 0 unspecified atom stereocenters. The Morgan fingerprint density at radius 3 is 2.75 bits per heavy atom. The van der Waals surface area contributed by atoms with E-state index in [2.05, 4.69) is 5.32 Å². The fourth-order valence-corrected chi connectivity index (χ4v) is 1.02. The second-order valence-corrected chi connectivity index (χ2v) is 2.50. The van der Waals surface area contributed by atoms with E-state index in [-0.39, 0.29) is 0 Å². The molecule has 0 heterocycles. The predicted octanol–water partition coefficient (Wildman–Crippen LogP) is 1.57. The normalized spacial score (nSPS) is 9.17. The van der Waals surface area contributed by atoms with E-state index in [1.807, 2.05) is 19.1 Å². The molecule has 12 heavy (non-hydrogen) atoms. The molecule has 1 amide bonds. The van der Waals surface area contributed by atoms with Gasteiger partial charge in [0.15, 0.2) is 0 Å². The van der Waals surface area contributed by atoms with Gasteiger partial charge >= 0.3 is 0 Å². The minimum absolute atomic E-state index is 0.647. The van der Waals surface area contributed by atoms with Crippen LogP contribution in [0, 0.1) is 6.92 Å². The number of aryl methyl sites for hydroxylation is 1. The van der Waals surface area contributed by atoms with Gasteiger partial charge in [0.1, 0.15) is 5.75 Å². The molecule has 0 aliphatic heterocycles. The average Bonchev–Trinajstić information content (AvgIpc) is 2.04. The molecule has 0 atom stereocenters. The van der Waals surface area contributed by atoms with Crippen molar-refractivity contribution in [3.8, 4) is 5.75 Å². The van der Waals surface area contributed by atoms with Gasteiger partial charge in [0.25, 0.3) is 0 Å². The van der Waals surface area contributed by atoms with Gasteiger partial charge in [0, 0.05) is 11.8 Å². The number of carbonyl (C=O) groups is 1. The summed E-state index contributed by atoms with van der Waals surface area (Å²) in [5.74, 6) is 0.749. The molecule has 0 aromatic heterocycles. The molecular weight excluding hydrogens is 154 g/mol. The molecule has 0 radical (unpaired) electrons. The lowest BCUT2D eigenvalue weighted by atomic mass is 10.2. The summed E-state index contributed by atoms with van der Waals surface area (Å²) < 4.78 is 5.03. The zero-order valence-electron chi connectivity index (χ0n) is 7.13. The monoisotopic (exact) mass is 165 g/mol. The fourth-order valence-electron chi connectivity index (χ4n) is 1.02. The molecule has 0 fully saturated rings. The second-order valence-electron chi connectivity index (χ2n) is 2.50. The number of hydrogen-bond donors (Lipinski definition) is 1. The summed E-state index contributed by atoms with van der Waals surface area (Å²) in [5, 5.41) is 2.56. The topological polar surface area (TPSA) is 38.3 Å². The fraction of sp³-hybridized carbons (Fsp3) is 0.222. The third-order valence-electron chi connectivity index (χ3n) is 1.51. The van der Waals surface area contributed by atoms with Gasteiger partial charge < -0.3 is 10.1 Å². The number of nitrogens with one attached hydrogen (secondary N) is 1. The van der Waals surface area contributed by atoms with Gasteiger partial charge in [0.2, 0.25) is 6.41 Å². The van der Waals surface area contributed by atoms with E-state index in [1.165, 1.54) is 0 Å². The van der Waals surface area contributed by atoms with Crippen LogP contribution in [0.5, 0.6) is 5.75 Å². The number of benzene rings is 1. The highest BCUT2D eigenvalue weighted by Crippen LogP contribution is 2.19. The van der Waals surface area contributed by atoms with Gasteiger partial charge in [-0.05, 0) is 24.6 Å². The number of ether oxygens (including phenoxy) is 1. The molecule has 1 aromatic carbocycles. The number of hydrogen-bond acceptors (Lipinski definition) is 2. The van der Waals surface area contributed by atoms with Crippen molar-refractivity contribution >= 4 is 12.1 Å². The van der Waals surface area contributed by atoms with Crippen LogP contribution in [-0.4, -0.2) is 13.5 Å². The zero-order valence-corrected chi connectivity index (χ0v) is 7.13. The highest BCUT2D eigenvalue weighted by Gasteiger charge is 1.96. The first-order chi connectivity index (χ1) is 5.76. The SMILES string of the molecule is COc1cc(C)cc(NC=O)c1. The first-order valence-electron chi connectivity index (χ1n) is 3.62. The molecule has 3 heteroatoms. The standard InChI is InChI=1S/C9H11NO2/c1-7-3-8(10-6-11)5-9(4-7)12-2/h3-6H,1-2H3,(H,10,11). The van der Waals surface area contributed by atoms with E-state index >= 15 is 0 Å². The molecule has 0 saturated heterocycles. The Balaban J connectivity index is 2.97. The van der Waals surface area contributed by atoms with E-state index in [1.54, 1.807) is 13.2 Å². The lowest BCUT2D eigenvalue weighted by Gasteiger charge is -2.04. The maximum Gasteiger partial charge on any atom is 0.211 e. The Morgan fingerprint density at radius 2 is 2.17 bits per heavy atom. The summed E-state index contributed by atoms with van der Waals surface area (Å²) >= 11 is 0. The maximum atomic E-state index is 10.1. The van der Waals surface area contributed by atoms with Crippen molar-refractivity contribution in [2.75, 3.05) is 12.4 Å². The number of rotatable bonds is 3. The molecule has 0 saturated carbocycles. The highest BCUT2D eigenvalue weighted by molar-refractivity contribution is 5.72. The number of methoxy groups -OCH3 is 1. The van der Waals surface area contributed by atoms with Crippen LogP contribution in [0.4, 0.5) is 5.69 Å². The predicted molar refractivity (Wildman–Crippen MR) is 47.4 cm³/mol. The van der Waals surface area contributed by atoms with Crippen LogP contribution in [0.25, 0.3) is 0 Å². The Labute approximate surface area is 71.4 Å². The Bertz CT molecular complexity index is 284. The molecule has 1 rings (SSSR count). The van der Waals surface area contributed by atoms with E-state index in [4.69, 9.17) is 4.74 Å². The minimum Gasteiger partial charge on any atom is -0.497 e. The highest BCUT2D eigenvalue weighted by atomic mass is 16.5. The molecular formula is C9H11NO2. The zero-order chi connectivity index (χ0) is 8.97. The first kappa shape index (κ1) is 8.59. The van der Waals surface area contributed by atoms with Crippen molar-refractivity contribution in [2.45, 2.75) is 6.92 Å². The van der Waals surface area contributed by atoms with Gasteiger partial charge in [-0.2, -0.15) is 0 Å². The summed E-state index contributed by atoms with van der Waals surface area (Å²) in [7, 11) is 1.60. The van der Waals surface area contributed by atoms with Crippen LogP contribution in [0.15, 0.2) is 18.2 Å². The molecule has 0 spiro atoms. The van der Waals surface area contributed by atoms with Crippen LogP contribution >= 0.6 is 0 Å². The van der Waals surface area contributed by atoms with Gasteiger partial charge in [-0.1, -0.05) is 0 Å². The third-order valence-corrected chi connectivity index (χ3v) is 1.51. The van der Waals surface area contributed by atoms with E-state index in [9.17, 15) is 4.79 Å². The summed E-state index contributed by atoms with van der Waals surface area (Å²) in [4.78, 5) is 10.1. The van der Waals surface area contributed by atoms with Crippen LogP contribution in [0.1, 0.15) is 5.56 Å². The Hall–Kier alpha value is -1.51. The van der Waals surface area contributed by atoms with Gasteiger partial charge in [-0.3, -0.25) is 4.79 Å². The Morgan fingerprint density at radius 1 is 1.42 bits per heavy atom. The first-order valence-corrected chi connectivity index (χ1v) is 3.62. The molecule has 1 N–H and O–H groups in total. The maximum absolute atomic E-state index is 10.1. The number of carbonyl (C=O) groups excluding carboxylic acids is 1. The quantitative estimate of drug-likeness (QED) is 0.690. The number of amides is 1. The minimum atomic E-state index is 0.647. The van der Waals surface area contributed by atoms with Crippen molar-refractivity contribution in [3.63, 3.8) is 0 Å². The summed E-state index contributed by atoms with van der Waals surface area (Å²) in [5.41, 5.74) is 1.81. The molecule has 3 nitrogen and oxygen atoms in total. The molecule has 0 aliphatic carbocycles. The summed E-state index contributed by atoms with van der Waals surface area (Å²) in [6, 6.07) is 5.54. The van der Waals surface area contributed by atoms with Gasteiger partial charge in [-0.25, -0.2) is 0 Å². The van der Waals surface area contributed by atoms with E-state index in [0.29, 0.717) is 6.41 Å². The molecule has 64 valence electrons. The van der Waals surface area contributed by atoms with Crippen LogP contribution in [0.3, 0.4) is 0 Å². The van der Waals surface area contributed by atoms with Crippen molar-refractivity contribution in [2.24, 2.45) is 0 Å². The summed E-state index contributed by atoms with van der Waals surface area (Å²) in [6.45, 7) is 1.94. The van der Waals surface area contributed by atoms with Gasteiger partial charge in [-0.15, -0.1) is 0 Å². The lowest BCUT2D eigenvalue weighted by Crippen LogP contribution is -1.94. The van der Waals surface area contributed by atoms with Crippen LogP contribution < -0.4 is 10.1 Å². The Kier molecular flexibility index (Phi) is 2.69. The summed E-state index contributed by atoms with van der Waals surface area (Å²) in [6.07, 6.45) is 0.647. The van der Waals surface area contributed by atoms with Crippen molar-refractivity contribution < 1.29 is 9.53 Å². The van der Waals surface area contributed by atoms with E-state index in [0.717, 1.165) is 17.0 Å². The van der Waals surface area contributed by atoms with Crippen molar-refractivity contribution in [1.82, 2.24) is 0 Å². The second kappa shape index (κ2) is 3.76. The third kappa shape index (κ3) is 1.99.